The molecule has 0 aromatic heterocycles. The first-order valence-corrected chi connectivity index (χ1v) is 10.3. The molecule has 0 fully saturated rings. The van der Waals surface area contributed by atoms with Gasteiger partial charge in [-0.1, -0.05) is 91.0 Å². The van der Waals surface area contributed by atoms with Crippen LogP contribution in [0.4, 0.5) is 0 Å². The number of benzene rings is 3. The zero-order valence-corrected chi connectivity index (χ0v) is 17.7. The van der Waals surface area contributed by atoms with Crippen molar-refractivity contribution in [3.63, 3.8) is 0 Å². The lowest BCUT2D eigenvalue weighted by Crippen LogP contribution is -2.30. The van der Waals surface area contributed by atoms with Crippen LogP contribution in [0.15, 0.2) is 91.0 Å². The molecule has 0 radical (unpaired) electrons. The SMILES string of the molecule is CC(C)(C)OC(CC(C(=O)c1ccccc1)C(=O)c1ccccc1)c1ccccc1. The maximum absolute atomic E-state index is 13.4. The monoisotopic (exact) mass is 400 g/mol. The van der Waals surface area contributed by atoms with E-state index in [1.165, 1.54) is 0 Å². The van der Waals surface area contributed by atoms with E-state index >= 15 is 0 Å². The van der Waals surface area contributed by atoms with Crippen molar-refractivity contribution in [1.82, 2.24) is 0 Å². The van der Waals surface area contributed by atoms with Crippen LogP contribution in [0.1, 0.15) is 59.6 Å². The smallest absolute Gasteiger partial charge is 0.173 e. The molecule has 30 heavy (non-hydrogen) atoms. The normalized spacial score (nSPS) is 12.5. The molecule has 0 spiro atoms. The van der Waals surface area contributed by atoms with Gasteiger partial charge in [-0.05, 0) is 32.8 Å². The van der Waals surface area contributed by atoms with Crippen LogP contribution >= 0.6 is 0 Å². The Morgan fingerprint density at radius 3 is 1.50 bits per heavy atom. The topological polar surface area (TPSA) is 43.4 Å². The summed E-state index contributed by atoms with van der Waals surface area (Å²) < 4.78 is 6.32. The molecule has 154 valence electrons. The lowest BCUT2D eigenvalue weighted by atomic mass is 9.84. The van der Waals surface area contributed by atoms with Crippen molar-refractivity contribution in [3.05, 3.63) is 108 Å². The van der Waals surface area contributed by atoms with Crippen LogP contribution in [0.25, 0.3) is 0 Å². The Morgan fingerprint density at radius 2 is 1.10 bits per heavy atom. The fourth-order valence-electron chi connectivity index (χ4n) is 3.50. The molecule has 0 aliphatic carbocycles. The molecule has 3 rings (SSSR count). The van der Waals surface area contributed by atoms with Crippen molar-refractivity contribution < 1.29 is 14.3 Å². The van der Waals surface area contributed by atoms with E-state index in [-0.39, 0.29) is 24.1 Å². The highest BCUT2D eigenvalue weighted by Crippen LogP contribution is 2.32. The Bertz CT molecular complexity index is 906. The van der Waals surface area contributed by atoms with E-state index in [1.54, 1.807) is 24.3 Å². The standard InChI is InChI=1S/C27H28O3/c1-27(2,3)30-24(20-13-7-4-8-14-20)19-23(25(28)21-15-9-5-10-16-21)26(29)22-17-11-6-12-18-22/h4-18,23-24H,19H2,1-3H3. The van der Waals surface area contributed by atoms with Crippen molar-refractivity contribution in [2.45, 2.75) is 38.9 Å². The molecule has 1 unspecified atom stereocenters. The van der Waals surface area contributed by atoms with Gasteiger partial charge in [-0.25, -0.2) is 0 Å². The third kappa shape index (κ3) is 5.74. The van der Waals surface area contributed by atoms with Gasteiger partial charge in [0.1, 0.15) is 0 Å². The predicted octanol–water partition coefficient (Wildman–Crippen LogP) is 6.31. The molecule has 3 nitrogen and oxygen atoms in total. The summed E-state index contributed by atoms with van der Waals surface area (Å²) in [5, 5.41) is 0. The van der Waals surface area contributed by atoms with Crippen LogP contribution < -0.4 is 0 Å². The highest BCUT2D eigenvalue weighted by atomic mass is 16.5. The fourth-order valence-corrected chi connectivity index (χ4v) is 3.50. The van der Waals surface area contributed by atoms with Crippen molar-refractivity contribution in [3.8, 4) is 0 Å². The Hall–Kier alpha value is -3.04. The van der Waals surface area contributed by atoms with Crippen LogP contribution in [-0.2, 0) is 4.74 Å². The summed E-state index contributed by atoms with van der Waals surface area (Å²) in [5.74, 6) is -1.19. The molecular formula is C27H28O3. The zero-order valence-electron chi connectivity index (χ0n) is 17.7. The molecule has 0 amide bonds. The summed E-state index contributed by atoms with van der Waals surface area (Å²) in [7, 11) is 0. The van der Waals surface area contributed by atoms with Gasteiger partial charge in [-0.3, -0.25) is 9.59 Å². The molecule has 0 saturated carbocycles. The molecule has 3 aromatic carbocycles. The molecule has 0 saturated heterocycles. The first kappa shape index (κ1) is 21.7. The molecular weight excluding hydrogens is 372 g/mol. The second-order valence-corrected chi connectivity index (χ2v) is 8.38. The Morgan fingerprint density at radius 1 is 0.700 bits per heavy atom. The predicted molar refractivity (Wildman–Crippen MR) is 120 cm³/mol. The first-order chi connectivity index (χ1) is 14.3. The minimum Gasteiger partial charge on any atom is -0.368 e. The number of ketones is 2. The summed E-state index contributed by atoms with van der Waals surface area (Å²) in [6.45, 7) is 5.95. The molecule has 0 aliphatic rings. The number of Topliss-reactive ketones (excluding diaryl/α,β-unsaturated/α-hetero) is 2. The van der Waals surface area contributed by atoms with Crippen molar-refractivity contribution in [2.75, 3.05) is 0 Å². The van der Waals surface area contributed by atoms with Crippen LogP contribution in [0.2, 0.25) is 0 Å². The van der Waals surface area contributed by atoms with Crippen LogP contribution in [0, 0.1) is 5.92 Å². The van der Waals surface area contributed by atoms with Gasteiger partial charge >= 0.3 is 0 Å². The summed E-state index contributed by atoms with van der Waals surface area (Å²) in [6, 6.07) is 27.8. The summed E-state index contributed by atoms with van der Waals surface area (Å²) in [5.41, 5.74) is 1.61. The van der Waals surface area contributed by atoms with Crippen LogP contribution in [0.5, 0.6) is 0 Å². The van der Waals surface area contributed by atoms with Gasteiger partial charge in [0.25, 0.3) is 0 Å². The third-order valence-corrected chi connectivity index (χ3v) is 4.87. The lowest BCUT2D eigenvalue weighted by Gasteiger charge is -2.30. The van der Waals surface area contributed by atoms with Gasteiger partial charge in [-0.2, -0.15) is 0 Å². The van der Waals surface area contributed by atoms with E-state index in [1.807, 2.05) is 87.5 Å². The number of ether oxygens (including phenoxy) is 1. The van der Waals surface area contributed by atoms with E-state index in [4.69, 9.17) is 4.74 Å². The number of rotatable bonds is 8. The Balaban J connectivity index is 1.99. The quantitative estimate of drug-likeness (QED) is 0.328. The molecule has 3 aromatic rings. The Labute approximate surface area is 178 Å². The molecule has 0 aliphatic heterocycles. The molecule has 0 bridgehead atoms. The summed E-state index contributed by atoms with van der Waals surface area (Å²) in [6.07, 6.45) is -0.0977. The maximum Gasteiger partial charge on any atom is 0.173 e. The first-order valence-electron chi connectivity index (χ1n) is 10.3. The van der Waals surface area contributed by atoms with E-state index in [9.17, 15) is 9.59 Å². The average molecular weight is 401 g/mol. The maximum atomic E-state index is 13.4. The van der Waals surface area contributed by atoms with Gasteiger partial charge < -0.3 is 4.74 Å². The lowest BCUT2D eigenvalue weighted by molar-refractivity contribution is -0.0684. The van der Waals surface area contributed by atoms with Crippen molar-refractivity contribution >= 4 is 11.6 Å². The van der Waals surface area contributed by atoms with E-state index in [2.05, 4.69) is 0 Å². The number of carbonyl (C=O) groups excluding carboxylic acids is 2. The van der Waals surface area contributed by atoms with Gasteiger partial charge in [0.15, 0.2) is 11.6 Å². The van der Waals surface area contributed by atoms with Gasteiger partial charge in [-0.15, -0.1) is 0 Å². The highest BCUT2D eigenvalue weighted by molar-refractivity contribution is 6.16. The summed E-state index contributed by atoms with van der Waals surface area (Å²) >= 11 is 0. The second-order valence-electron chi connectivity index (χ2n) is 8.38. The minimum absolute atomic E-state index is 0.178. The molecule has 0 N–H and O–H groups in total. The Kier molecular flexibility index (Phi) is 6.96. The largest absolute Gasteiger partial charge is 0.368 e. The van der Waals surface area contributed by atoms with Crippen molar-refractivity contribution in [2.24, 2.45) is 5.92 Å². The van der Waals surface area contributed by atoms with Crippen molar-refractivity contribution in [1.29, 1.82) is 0 Å². The number of carbonyl (C=O) groups is 2. The fraction of sp³-hybridized carbons (Fsp3) is 0.259. The molecule has 1 atom stereocenters. The molecule has 0 heterocycles. The molecule has 3 heteroatoms. The highest BCUT2D eigenvalue weighted by Gasteiger charge is 2.33. The minimum atomic E-state index is -0.831. The number of hydrogen-bond acceptors (Lipinski definition) is 3. The second kappa shape index (κ2) is 9.64. The van der Waals surface area contributed by atoms with Gasteiger partial charge in [0.2, 0.25) is 0 Å². The van der Waals surface area contributed by atoms with Gasteiger partial charge in [0, 0.05) is 11.1 Å². The van der Waals surface area contributed by atoms with Crippen LogP contribution in [-0.4, -0.2) is 17.2 Å². The average Bonchev–Trinajstić information content (AvgIpc) is 2.77. The van der Waals surface area contributed by atoms with E-state index in [0.717, 1.165) is 5.56 Å². The zero-order chi connectivity index (χ0) is 21.6. The summed E-state index contributed by atoms with van der Waals surface area (Å²) in [4.78, 5) is 26.8. The van der Waals surface area contributed by atoms with E-state index in [0.29, 0.717) is 11.1 Å². The van der Waals surface area contributed by atoms with E-state index < -0.39 is 11.5 Å². The number of hydrogen-bond donors (Lipinski definition) is 0. The van der Waals surface area contributed by atoms with Gasteiger partial charge in [0.05, 0.1) is 17.6 Å². The third-order valence-electron chi connectivity index (χ3n) is 4.87. The van der Waals surface area contributed by atoms with Crippen LogP contribution in [0.3, 0.4) is 0 Å².